The van der Waals surface area contributed by atoms with Crippen LogP contribution in [-0.2, 0) is 5.60 Å². The Morgan fingerprint density at radius 1 is 1.26 bits per heavy atom. The molecule has 1 rings (SSSR count). The van der Waals surface area contributed by atoms with Crippen LogP contribution in [0, 0.1) is 12.8 Å². The van der Waals surface area contributed by atoms with Crippen LogP contribution in [0.25, 0.3) is 0 Å². The predicted octanol–water partition coefficient (Wildman–Crippen LogP) is 5.00. The summed E-state index contributed by atoms with van der Waals surface area (Å²) in [5.41, 5.74) is 1.27. The van der Waals surface area contributed by atoms with Gasteiger partial charge in [-0.15, -0.1) is 13.2 Å². The highest BCUT2D eigenvalue weighted by Crippen LogP contribution is 2.36. The van der Waals surface area contributed by atoms with Gasteiger partial charge in [-0.2, -0.15) is 0 Å². The predicted molar refractivity (Wildman–Crippen MR) is 85.2 cm³/mol. The van der Waals surface area contributed by atoms with Crippen LogP contribution in [0.3, 0.4) is 0 Å². The van der Waals surface area contributed by atoms with Crippen molar-refractivity contribution >= 4 is 0 Å². The zero-order valence-corrected chi connectivity index (χ0v) is 12.8. The molecule has 0 saturated heterocycles. The monoisotopic (exact) mass is 260 g/mol. The van der Waals surface area contributed by atoms with Crippen LogP contribution in [0.2, 0.25) is 0 Å². The first-order valence-corrected chi connectivity index (χ1v) is 7.08. The van der Waals surface area contributed by atoms with E-state index in [2.05, 4.69) is 13.2 Å². The molecular formula is C18H28O. The van der Waals surface area contributed by atoms with E-state index in [0.29, 0.717) is 6.42 Å². The van der Waals surface area contributed by atoms with Crippen molar-refractivity contribution < 1.29 is 5.11 Å². The fourth-order valence-corrected chi connectivity index (χ4v) is 2.18. The minimum atomic E-state index is -0.846. The molecule has 1 aromatic carbocycles. The van der Waals surface area contributed by atoms with Crippen LogP contribution in [-0.4, -0.2) is 5.11 Å². The van der Waals surface area contributed by atoms with Crippen molar-refractivity contribution in [2.24, 2.45) is 5.92 Å². The molecule has 106 valence electrons. The summed E-state index contributed by atoms with van der Waals surface area (Å²) in [4.78, 5) is 0. The second-order valence-corrected chi connectivity index (χ2v) is 4.59. The van der Waals surface area contributed by atoms with Gasteiger partial charge in [0.25, 0.3) is 0 Å². The van der Waals surface area contributed by atoms with Crippen molar-refractivity contribution in [3.05, 3.63) is 60.7 Å². The first-order chi connectivity index (χ1) is 9.06. The lowest BCUT2D eigenvalue weighted by Crippen LogP contribution is -2.33. The molecule has 0 amide bonds. The maximum absolute atomic E-state index is 10.9. The molecule has 2 atom stereocenters. The quantitative estimate of drug-likeness (QED) is 0.714. The van der Waals surface area contributed by atoms with Crippen LogP contribution in [0.15, 0.2) is 49.6 Å². The molecule has 0 aliphatic carbocycles. The Morgan fingerprint density at radius 2 is 1.84 bits per heavy atom. The van der Waals surface area contributed by atoms with E-state index in [0.717, 1.165) is 17.5 Å². The van der Waals surface area contributed by atoms with Gasteiger partial charge in [-0.25, -0.2) is 0 Å². The van der Waals surface area contributed by atoms with Gasteiger partial charge in [0.05, 0.1) is 5.60 Å². The van der Waals surface area contributed by atoms with Crippen molar-refractivity contribution in [1.29, 1.82) is 0 Å². The molecule has 1 nitrogen and oxygen atoms in total. The summed E-state index contributed by atoms with van der Waals surface area (Å²) in [6.07, 6.45) is 5.13. The molecule has 0 aliphatic heterocycles. The fraction of sp³-hybridized carbons (Fsp3) is 0.444. The van der Waals surface area contributed by atoms with E-state index in [1.54, 1.807) is 0 Å². The van der Waals surface area contributed by atoms with Gasteiger partial charge in [0.15, 0.2) is 0 Å². The van der Waals surface area contributed by atoms with Gasteiger partial charge >= 0.3 is 0 Å². The summed E-state index contributed by atoms with van der Waals surface area (Å²) < 4.78 is 0. The number of aliphatic hydroxyl groups is 1. The van der Waals surface area contributed by atoms with Gasteiger partial charge in [-0.05, 0) is 30.9 Å². The second-order valence-electron chi connectivity index (χ2n) is 4.59. The molecule has 0 aliphatic rings. The van der Waals surface area contributed by atoms with Crippen molar-refractivity contribution in [2.75, 3.05) is 0 Å². The highest BCUT2D eigenvalue weighted by Gasteiger charge is 2.34. The van der Waals surface area contributed by atoms with Crippen LogP contribution >= 0.6 is 0 Å². The Kier molecular flexibility index (Phi) is 8.09. The molecule has 0 spiro atoms. The molecule has 1 aromatic rings. The van der Waals surface area contributed by atoms with E-state index in [1.807, 2.05) is 64.1 Å². The molecule has 0 aromatic heterocycles. The zero-order valence-electron chi connectivity index (χ0n) is 12.8. The van der Waals surface area contributed by atoms with Crippen molar-refractivity contribution in [2.45, 2.75) is 46.1 Å². The molecule has 2 unspecified atom stereocenters. The molecule has 0 fully saturated rings. The normalized spacial score (nSPS) is 14.6. The number of rotatable bonds is 6. The number of hydrogen-bond acceptors (Lipinski definition) is 1. The lowest BCUT2D eigenvalue weighted by Gasteiger charge is -2.34. The average Bonchev–Trinajstić information content (AvgIpc) is 2.46. The summed E-state index contributed by atoms with van der Waals surface area (Å²) in [7, 11) is 0. The van der Waals surface area contributed by atoms with E-state index in [9.17, 15) is 5.11 Å². The lowest BCUT2D eigenvalue weighted by atomic mass is 9.77. The highest BCUT2D eigenvalue weighted by molar-refractivity contribution is 5.32. The number of benzene rings is 1. The summed E-state index contributed by atoms with van der Waals surface area (Å²) in [5.74, 6) is 0.0172. The average molecular weight is 260 g/mol. The van der Waals surface area contributed by atoms with Crippen LogP contribution in [0.1, 0.15) is 44.7 Å². The molecule has 0 bridgehead atoms. The number of hydrogen-bond donors (Lipinski definition) is 1. The van der Waals surface area contributed by atoms with Gasteiger partial charge in [0.1, 0.15) is 0 Å². The van der Waals surface area contributed by atoms with Gasteiger partial charge in [-0.1, -0.05) is 57.2 Å². The van der Waals surface area contributed by atoms with Crippen LogP contribution < -0.4 is 0 Å². The first kappa shape index (κ1) is 17.7. The number of aryl methyl sites for hydroxylation is 1. The van der Waals surface area contributed by atoms with E-state index in [1.165, 1.54) is 0 Å². The third kappa shape index (κ3) is 4.36. The number of allylic oxidation sites excluding steroid dienone is 1. The first-order valence-electron chi connectivity index (χ1n) is 7.08. The summed E-state index contributed by atoms with van der Waals surface area (Å²) >= 11 is 0. The van der Waals surface area contributed by atoms with Crippen molar-refractivity contribution in [3.8, 4) is 0 Å². The van der Waals surface area contributed by atoms with E-state index in [4.69, 9.17) is 0 Å². The minimum absolute atomic E-state index is 0.0172. The van der Waals surface area contributed by atoms with E-state index >= 15 is 0 Å². The van der Waals surface area contributed by atoms with Crippen LogP contribution in [0.5, 0.6) is 0 Å². The summed E-state index contributed by atoms with van der Waals surface area (Å²) in [6.45, 7) is 15.6. The molecular weight excluding hydrogens is 232 g/mol. The topological polar surface area (TPSA) is 20.2 Å². The van der Waals surface area contributed by atoms with E-state index in [-0.39, 0.29) is 5.92 Å². The Balaban J connectivity index is 0.00000154. The van der Waals surface area contributed by atoms with Gasteiger partial charge in [0, 0.05) is 5.92 Å². The molecule has 0 heterocycles. The standard InChI is InChI=1S/C16H22O.C2H6/c1-5-7-12-16(17,14(4)6-2)15-11-9-8-10-13(15)3;1-2/h5-6,8-11,14,17H,1-2,7,12H2,3-4H3;1-2H3. The molecule has 0 saturated carbocycles. The van der Waals surface area contributed by atoms with Gasteiger partial charge < -0.3 is 5.11 Å². The van der Waals surface area contributed by atoms with Crippen LogP contribution in [0.4, 0.5) is 0 Å². The SMILES string of the molecule is C=CCCC(O)(c1ccccc1C)C(C)C=C.CC. The van der Waals surface area contributed by atoms with Gasteiger partial charge in [0.2, 0.25) is 0 Å². The lowest BCUT2D eigenvalue weighted by molar-refractivity contribution is -0.00738. The van der Waals surface area contributed by atoms with Gasteiger partial charge in [-0.3, -0.25) is 0 Å². The summed E-state index contributed by atoms with van der Waals surface area (Å²) in [5, 5.41) is 10.9. The largest absolute Gasteiger partial charge is 0.385 e. The summed E-state index contributed by atoms with van der Waals surface area (Å²) in [6, 6.07) is 7.99. The smallest absolute Gasteiger partial charge is 0.0961 e. The minimum Gasteiger partial charge on any atom is -0.385 e. The maximum Gasteiger partial charge on any atom is 0.0961 e. The third-order valence-corrected chi connectivity index (χ3v) is 3.45. The Morgan fingerprint density at radius 3 is 2.32 bits per heavy atom. The molecule has 19 heavy (non-hydrogen) atoms. The Hall–Kier alpha value is -1.34. The molecule has 1 heteroatoms. The Bertz CT molecular complexity index is 394. The third-order valence-electron chi connectivity index (χ3n) is 3.45. The van der Waals surface area contributed by atoms with Crippen molar-refractivity contribution in [1.82, 2.24) is 0 Å². The zero-order chi connectivity index (χ0) is 14.9. The highest BCUT2D eigenvalue weighted by atomic mass is 16.3. The fourth-order valence-electron chi connectivity index (χ4n) is 2.18. The van der Waals surface area contributed by atoms with E-state index < -0.39 is 5.60 Å². The second kappa shape index (κ2) is 8.71. The Labute approximate surface area is 118 Å². The molecule has 1 N–H and O–H groups in total. The van der Waals surface area contributed by atoms with Crippen molar-refractivity contribution in [3.63, 3.8) is 0 Å². The maximum atomic E-state index is 10.9. The molecule has 0 radical (unpaired) electrons.